The summed E-state index contributed by atoms with van der Waals surface area (Å²) in [5, 5.41) is 0. The molecule has 0 saturated heterocycles. The van der Waals surface area contributed by atoms with Gasteiger partial charge in [-0.3, -0.25) is 0 Å². The molecule has 0 aliphatic rings. The topological polar surface area (TPSA) is 9.23 Å². The number of rotatable bonds is 2. The standard InChI is InChI=1S/C15H20O/c1-11(2)6-7-13-8-9-14(12(3)4)15(10-13)16-5/h8-12H,1-5H3. The van der Waals surface area contributed by atoms with E-state index >= 15 is 0 Å². The van der Waals surface area contributed by atoms with Crippen molar-refractivity contribution in [2.45, 2.75) is 33.6 Å². The molecule has 1 aromatic rings. The van der Waals surface area contributed by atoms with Crippen LogP contribution in [0.1, 0.15) is 44.7 Å². The van der Waals surface area contributed by atoms with Crippen LogP contribution in [-0.2, 0) is 0 Å². The first-order valence-electron chi connectivity index (χ1n) is 5.74. The zero-order chi connectivity index (χ0) is 12.1. The number of methoxy groups -OCH3 is 1. The minimum absolute atomic E-state index is 0.399. The molecule has 0 aliphatic carbocycles. The minimum atomic E-state index is 0.399. The quantitative estimate of drug-likeness (QED) is 0.683. The van der Waals surface area contributed by atoms with E-state index in [-0.39, 0.29) is 0 Å². The zero-order valence-corrected chi connectivity index (χ0v) is 10.8. The smallest absolute Gasteiger partial charge is 0.123 e. The Morgan fingerprint density at radius 3 is 2.31 bits per heavy atom. The van der Waals surface area contributed by atoms with Crippen molar-refractivity contribution in [3.05, 3.63) is 29.3 Å². The fourth-order valence-corrected chi connectivity index (χ4v) is 1.49. The van der Waals surface area contributed by atoms with Crippen LogP contribution in [0.2, 0.25) is 0 Å². The molecular formula is C15H20O. The molecule has 1 aromatic carbocycles. The third-order valence-corrected chi connectivity index (χ3v) is 2.36. The van der Waals surface area contributed by atoms with E-state index in [4.69, 9.17) is 4.74 Å². The van der Waals surface area contributed by atoms with Crippen LogP contribution >= 0.6 is 0 Å². The average molecular weight is 216 g/mol. The van der Waals surface area contributed by atoms with Crippen molar-refractivity contribution in [3.63, 3.8) is 0 Å². The first-order chi connectivity index (χ1) is 7.54. The van der Waals surface area contributed by atoms with E-state index in [0.717, 1.165) is 11.3 Å². The highest BCUT2D eigenvalue weighted by atomic mass is 16.5. The Morgan fingerprint density at radius 2 is 1.81 bits per heavy atom. The Balaban J connectivity index is 3.06. The largest absolute Gasteiger partial charge is 0.496 e. The highest BCUT2D eigenvalue weighted by Crippen LogP contribution is 2.26. The molecule has 0 bridgehead atoms. The van der Waals surface area contributed by atoms with E-state index in [1.165, 1.54) is 5.56 Å². The lowest BCUT2D eigenvalue weighted by atomic mass is 10.0. The van der Waals surface area contributed by atoms with E-state index in [1.807, 2.05) is 6.07 Å². The van der Waals surface area contributed by atoms with Crippen LogP contribution in [0.15, 0.2) is 18.2 Å². The van der Waals surface area contributed by atoms with Crippen LogP contribution in [0.5, 0.6) is 5.75 Å². The molecule has 1 heteroatoms. The van der Waals surface area contributed by atoms with E-state index < -0.39 is 0 Å². The predicted octanol–water partition coefficient (Wildman–Crippen LogP) is 3.83. The molecule has 16 heavy (non-hydrogen) atoms. The van der Waals surface area contributed by atoms with Gasteiger partial charge in [0.2, 0.25) is 0 Å². The molecule has 86 valence electrons. The Morgan fingerprint density at radius 1 is 1.12 bits per heavy atom. The lowest BCUT2D eigenvalue weighted by Crippen LogP contribution is -1.94. The predicted molar refractivity (Wildman–Crippen MR) is 68.8 cm³/mol. The molecule has 1 nitrogen and oxygen atoms in total. The summed E-state index contributed by atoms with van der Waals surface area (Å²) < 4.78 is 5.39. The summed E-state index contributed by atoms with van der Waals surface area (Å²) >= 11 is 0. The van der Waals surface area contributed by atoms with Crippen LogP contribution < -0.4 is 4.74 Å². The van der Waals surface area contributed by atoms with Gasteiger partial charge in [-0.15, -0.1) is 0 Å². The SMILES string of the molecule is COc1cc(C#CC(C)C)ccc1C(C)C. The van der Waals surface area contributed by atoms with Gasteiger partial charge in [0.25, 0.3) is 0 Å². The van der Waals surface area contributed by atoms with Crippen molar-refractivity contribution in [1.82, 2.24) is 0 Å². The van der Waals surface area contributed by atoms with Gasteiger partial charge >= 0.3 is 0 Å². The van der Waals surface area contributed by atoms with Gasteiger partial charge in [0.15, 0.2) is 0 Å². The summed E-state index contributed by atoms with van der Waals surface area (Å²) in [6.07, 6.45) is 0. The van der Waals surface area contributed by atoms with Crippen molar-refractivity contribution < 1.29 is 4.74 Å². The maximum absolute atomic E-state index is 5.39. The molecule has 0 radical (unpaired) electrons. The second kappa shape index (κ2) is 5.61. The Bertz CT molecular complexity index is 405. The molecule has 0 heterocycles. The molecule has 0 fully saturated rings. The summed E-state index contributed by atoms with van der Waals surface area (Å²) in [6.45, 7) is 8.51. The molecule has 0 atom stereocenters. The van der Waals surface area contributed by atoms with Crippen molar-refractivity contribution in [3.8, 4) is 17.6 Å². The first-order valence-corrected chi connectivity index (χ1v) is 5.74. The summed E-state index contributed by atoms with van der Waals surface area (Å²) in [6, 6.07) is 6.19. The van der Waals surface area contributed by atoms with Gasteiger partial charge in [-0.1, -0.05) is 45.6 Å². The monoisotopic (exact) mass is 216 g/mol. The molecule has 0 saturated carbocycles. The summed E-state index contributed by atoms with van der Waals surface area (Å²) in [5.74, 6) is 8.12. The normalized spacial score (nSPS) is 10.2. The maximum Gasteiger partial charge on any atom is 0.123 e. The van der Waals surface area contributed by atoms with Crippen LogP contribution in [0, 0.1) is 17.8 Å². The molecule has 0 aromatic heterocycles. The summed E-state index contributed by atoms with van der Waals surface area (Å²) in [4.78, 5) is 0. The van der Waals surface area contributed by atoms with Gasteiger partial charge in [0.05, 0.1) is 7.11 Å². The van der Waals surface area contributed by atoms with Gasteiger partial charge in [0, 0.05) is 11.5 Å². The summed E-state index contributed by atoms with van der Waals surface area (Å²) in [5.41, 5.74) is 2.26. The van der Waals surface area contributed by atoms with Crippen LogP contribution in [-0.4, -0.2) is 7.11 Å². The van der Waals surface area contributed by atoms with Crippen molar-refractivity contribution in [2.24, 2.45) is 5.92 Å². The van der Waals surface area contributed by atoms with Gasteiger partial charge in [-0.25, -0.2) is 0 Å². The Labute approximate surface area is 98.8 Å². The fraction of sp³-hybridized carbons (Fsp3) is 0.467. The lowest BCUT2D eigenvalue weighted by molar-refractivity contribution is 0.407. The third-order valence-electron chi connectivity index (χ3n) is 2.36. The molecule has 0 aliphatic heterocycles. The molecule has 1 rings (SSSR count). The van der Waals surface area contributed by atoms with E-state index in [2.05, 4.69) is 51.7 Å². The number of benzene rings is 1. The van der Waals surface area contributed by atoms with Gasteiger partial charge in [-0.05, 0) is 23.6 Å². The van der Waals surface area contributed by atoms with Crippen LogP contribution in [0.3, 0.4) is 0 Å². The molecule has 0 unspecified atom stereocenters. The molecular weight excluding hydrogens is 196 g/mol. The zero-order valence-electron chi connectivity index (χ0n) is 10.8. The summed E-state index contributed by atoms with van der Waals surface area (Å²) in [7, 11) is 1.71. The highest BCUT2D eigenvalue weighted by Gasteiger charge is 2.06. The molecule has 0 amide bonds. The third kappa shape index (κ3) is 3.31. The van der Waals surface area contributed by atoms with Crippen molar-refractivity contribution in [2.75, 3.05) is 7.11 Å². The minimum Gasteiger partial charge on any atom is -0.496 e. The van der Waals surface area contributed by atoms with Crippen LogP contribution in [0.4, 0.5) is 0 Å². The van der Waals surface area contributed by atoms with E-state index in [1.54, 1.807) is 7.11 Å². The Kier molecular flexibility index (Phi) is 4.43. The van der Waals surface area contributed by atoms with E-state index in [9.17, 15) is 0 Å². The lowest BCUT2D eigenvalue weighted by Gasteiger charge is -2.11. The van der Waals surface area contributed by atoms with Gasteiger partial charge in [-0.2, -0.15) is 0 Å². The molecule has 0 spiro atoms. The van der Waals surface area contributed by atoms with Gasteiger partial charge < -0.3 is 4.74 Å². The Hall–Kier alpha value is -1.42. The van der Waals surface area contributed by atoms with Crippen molar-refractivity contribution in [1.29, 1.82) is 0 Å². The van der Waals surface area contributed by atoms with E-state index in [0.29, 0.717) is 11.8 Å². The number of hydrogen-bond donors (Lipinski definition) is 0. The van der Waals surface area contributed by atoms with Gasteiger partial charge in [0.1, 0.15) is 5.75 Å². The van der Waals surface area contributed by atoms with Crippen LogP contribution in [0.25, 0.3) is 0 Å². The molecule has 0 N–H and O–H groups in total. The highest BCUT2D eigenvalue weighted by molar-refractivity contribution is 5.45. The maximum atomic E-state index is 5.39. The number of hydrogen-bond acceptors (Lipinski definition) is 1. The average Bonchev–Trinajstić information content (AvgIpc) is 2.25. The fourth-order valence-electron chi connectivity index (χ4n) is 1.49. The number of ether oxygens (including phenoxy) is 1. The first kappa shape index (κ1) is 12.6. The second-order valence-electron chi connectivity index (χ2n) is 4.54. The second-order valence-corrected chi connectivity index (χ2v) is 4.54. The van der Waals surface area contributed by atoms with Crippen molar-refractivity contribution >= 4 is 0 Å².